The molecule has 0 unspecified atom stereocenters. The van der Waals surface area contributed by atoms with Crippen LogP contribution in [0.4, 0.5) is 5.82 Å². The minimum atomic E-state index is -0.232. The quantitative estimate of drug-likeness (QED) is 0.746. The van der Waals surface area contributed by atoms with Gasteiger partial charge in [0.25, 0.3) is 11.5 Å². The van der Waals surface area contributed by atoms with Crippen molar-refractivity contribution in [1.29, 1.82) is 0 Å². The van der Waals surface area contributed by atoms with Crippen LogP contribution in [0, 0.1) is 0 Å². The molecule has 114 valence electrons. The third kappa shape index (κ3) is 2.80. The molecule has 22 heavy (non-hydrogen) atoms. The number of carbonyl (C=O) groups is 1. The highest BCUT2D eigenvalue weighted by molar-refractivity contribution is 5.92. The highest BCUT2D eigenvalue weighted by Gasteiger charge is 2.24. The topological polar surface area (TPSA) is 84.2 Å². The van der Waals surface area contributed by atoms with E-state index in [-0.39, 0.29) is 17.2 Å². The fourth-order valence-electron chi connectivity index (χ4n) is 2.38. The fourth-order valence-corrected chi connectivity index (χ4v) is 2.38. The average Bonchev–Trinajstić information content (AvgIpc) is 2.58. The number of carbonyl (C=O) groups excluding carboxylic acids is 1. The lowest BCUT2D eigenvalue weighted by Gasteiger charge is -2.34. The van der Waals surface area contributed by atoms with E-state index in [4.69, 9.17) is 0 Å². The summed E-state index contributed by atoms with van der Waals surface area (Å²) in [5.74, 6) is 0.657. The largest absolute Gasteiger partial charge is 0.352 e. The molecule has 2 aromatic rings. The lowest BCUT2D eigenvalue weighted by molar-refractivity contribution is 0.0738. The van der Waals surface area contributed by atoms with Crippen LogP contribution in [0.2, 0.25) is 0 Å². The minimum absolute atomic E-state index is 0.158. The lowest BCUT2D eigenvalue weighted by Crippen LogP contribution is -2.49. The van der Waals surface area contributed by atoms with Crippen molar-refractivity contribution in [3.05, 3.63) is 46.5 Å². The molecule has 0 spiro atoms. The summed E-state index contributed by atoms with van der Waals surface area (Å²) in [6.07, 6.45) is 1.63. The first kappa shape index (κ1) is 14.2. The zero-order chi connectivity index (χ0) is 15.5. The van der Waals surface area contributed by atoms with Crippen LogP contribution in [-0.4, -0.2) is 57.0 Å². The van der Waals surface area contributed by atoms with Crippen LogP contribution in [0.15, 0.2) is 35.3 Å². The molecule has 0 bridgehead atoms. The van der Waals surface area contributed by atoms with E-state index in [2.05, 4.69) is 20.2 Å². The van der Waals surface area contributed by atoms with Gasteiger partial charge in [-0.3, -0.25) is 9.59 Å². The number of rotatable bonds is 2. The van der Waals surface area contributed by atoms with Crippen LogP contribution in [0.25, 0.3) is 0 Å². The first-order valence-electron chi connectivity index (χ1n) is 7.01. The molecule has 3 rings (SSSR count). The van der Waals surface area contributed by atoms with E-state index in [0.717, 1.165) is 5.82 Å². The van der Waals surface area contributed by atoms with Gasteiger partial charge in [0, 0.05) is 45.5 Å². The average molecular weight is 300 g/mol. The van der Waals surface area contributed by atoms with Gasteiger partial charge in [0.15, 0.2) is 5.82 Å². The van der Waals surface area contributed by atoms with Gasteiger partial charge in [0.05, 0.1) is 0 Å². The Morgan fingerprint density at radius 2 is 1.91 bits per heavy atom. The normalized spacial score (nSPS) is 15.0. The van der Waals surface area contributed by atoms with Gasteiger partial charge in [0.1, 0.15) is 5.69 Å². The van der Waals surface area contributed by atoms with Crippen molar-refractivity contribution >= 4 is 11.7 Å². The molecule has 0 N–H and O–H groups in total. The summed E-state index contributed by atoms with van der Waals surface area (Å²) in [7, 11) is 1.53. The van der Waals surface area contributed by atoms with Gasteiger partial charge in [-0.25, -0.2) is 4.68 Å². The number of nitrogens with zero attached hydrogens (tertiary/aromatic N) is 6. The molecule has 0 aromatic carbocycles. The predicted molar refractivity (Wildman–Crippen MR) is 79.6 cm³/mol. The van der Waals surface area contributed by atoms with E-state index in [9.17, 15) is 9.59 Å². The highest BCUT2D eigenvalue weighted by atomic mass is 16.2. The molecule has 1 aliphatic heterocycles. The van der Waals surface area contributed by atoms with Gasteiger partial charge >= 0.3 is 0 Å². The second kappa shape index (κ2) is 5.92. The molecular weight excluding hydrogens is 284 g/mol. The third-order valence-corrected chi connectivity index (χ3v) is 3.63. The number of hydrogen-bond donors (Lipinski definition) is 0. The van der Waals surface area contributed by atoms with Crippen LogP contribution in [-0.2, 0) is 7.05 Å². The summed E-state index contributed by atoms with van der Waals surface area (Å²) >= 11 is 0. The van der Waals surface area contributed by atoms with E-state index in [1.54, 1.807) is 11.1 Å². The van der Waals surface area contributed by atoms with E-state index < -0.39 is 0 Å². The predicted octanol–water partition coefficient (Wildman–Crippen LogP) is -0.467. The van der Waals surface area contributed by atoms with Crippen molar-refractivity contribution in [2.75, 3.05) is 31.1 Å². The molecular formula is C14H16N6O2. The number of piperazine rings is 1. The fraction of sp³-hybridized carbons (Fsp3) is 0.357. The zero-order valence-electron chi connectivity index (χ0n) is 12.2. The molecule has 8 nitrogen and oxygen atoms in total. The lowest BCUT2D eigenvalue weighted by atomic mass is 10.2. The standard InChI is InChI=1S/C14H16N6O2/c1-18-13(21)5-4-11(17-18)14(22)20-9-7-19(8-10-20)12-3-2-6-15-16-12/h2-6H,7-10H2,1H3. The maximum atomic E-state index is 12.4. The highest BCUT2D eigenvalue weighted by Crippen LogP contribution is 2.12. The SMILES string of the molecule is Cn1nc(C(=O)N2CCN(c3cccnn3)CC2)ccc1=O. The number of hydrogen-bond acceptors (Lipinski definition) is 6. The van der Waals surface area contributed by atoms with Crippen molar-refractivity contribution in [3.63, 3.8) is 0 Å². The van der Waals surface area contributed by atoms with Gasteiger partial charge < -0.3 is 9.80 Å². The maximum Gasteiger partial charge on any atom is 0.274 e. The van der Waals surface area contributed by atoms with Gasteiger partial charge in [-0.2, -0.15) is 10.2 Å². The van der Waals surface area contributed by atoms with Crippen molar-refractivity contribution in [2.45, 2.75) is 0 Å². The molecule has 1 fully saturated rings. The Morgan fingerprint density at radius 3 is 2.55 bits per heavy atom. The maximum absolute atomic E-state index is 12.4. The van der Waals surface area contributed by atoms with Gasteiger partial charge in [0.2, 0.25) is 0 Å². The van der Waals surface area contributed by atoms with E-state index in [0.29, 0.717) is 26.2 Å². The summed E-state index contributed by atoms with van der Waals surface area (Å²) in [5, 5.41) is 11.9. The second-order valence-corrected chi connectivity index (χ2v) is 5.04. The van der Waals surface area contributed by atoms with Gasteiger partial charge in [-0.05, 0) is 18.2 Å². The van der Waals surface area contributed by atoms with Crippen molar-refractivity contribution < 1.29 is 4.79 Å². The molecule has 3 heterocycles. The van der Waals surface area contributed by atoms with Gasteiger partial charge in [-0.1, -0.05) is 0 Å². The number of aromatic nitrogens is 4. The Labute approximate surface area is 127 Å². The summed E-state index contributed by atoms with van der Waals surface area (Å²) in [6.45, 7) is 2.55. The van der Waals surface area contributed by atoms with E-state index >= 15 is 0 Å². The van der Waals surface area contributed by atoms with Gasteiger partial charge in [-0.15, -0.1) is 5.10 Å². The van der Waals surface area contributed by atoms with Crippen LogP contribution >= 0.6 is 0 Å². The number of amides is 1. The van der Waals surface area contributed by atoms with Crippen molar-refractivity contribution in [3.8, 4) is 0 Å². The Bertz CT molecular complexity index is 722. The van der Waals surface area contributed by atoms with Crippen LogP contribution in [0.3, 0.4) is 0 Å². The molecule has 1 saturated heterocycles. The molecule has 1 aliphatic rings. The molecule has 1 amide bonds. The monoisotopic (exact) mass is 300 g/mol. The molecule has 0 radical (unpaired) electrons. The first-order chi connectivity index (χ1) is 10.6. The third-order valence-electron chi connectivity index (χ3n) is 3.63. The van der Waals surface area contributed by atoms with E-state index in [1.807, 2.05) is 12.1 Å². The summed E-state index contributed by atoms with van der Waals surface area (Å²) in [5.41, 5.74) is 0.0547. The molecule has 0 atom stereocenters. The molecule has 8 heteroatoms. The number of aryl methyl sites for hydroxylation is 1. The van der Waals surface area contributed by atoms with Crippen molar-refractivity contribution in [1.82, 2.24) is 24.9 Å². The van der Waals surface area contributed by atoms with Crippen LogP contribution in [0.5, 0.6) is 0 Å². The molecule has 0 aliphatic carbocycles. The number of anilines is 1. The summed E-state index contributed by atoms with van der Waals surface area (Å²) in [4.78, 5) is 27.6. The molecule has 0 saturated carbocycles. The Kier molecular flexibility index (Phi) is 3.82. The Hall–Kier alpha value is -2.77. The Balaban J connectivity index is 1.67. The summed E-state index contributed by atoms with van der Waals surface area (Å²) < 4.78 is 1.17. The van der Waals surface area contributed by atoms with Crippen LogP contribution in [0.1, 0.15) is 10.5 Å². The van der Waals surface area contributed by atoms with E-state index in [1.165, 1.54) is 23.9 Å². The summed E-state index contributed by atoms with van der Waals surface area (Å²) in [6, 6.07) is 6.57. The van der Waals surface area contributed by atoms with Crippen LogP contribution < -0.4 is 10.5 Å². The minimum Gasteiger partial charge on any atom is -0.352 e. The zero-order valence-corrected chi connectivity index (χ0v) is 12.2. The molecule has 2 aromatic heterocycles. The first-order valence-corrected chi connectivity index (χ1v) is 7.01. The smallest absolute Gasteiger partial charge is 0.274 e. The Morgan fingerprint density at radius 1 is 1.14 bits per heavy atom. The second-order valence-electron chi connectivity index (χ2n) is 5.04. The van der Waals surface area contributed by atoms with Crippen molar-refractivity contribution in [2.24, 2.45) is 7.05 Å².